The van der Waals surface area contributed by atoms with Crippen molar-refractivity contribution in [1.29, 1.82) is 0 Å². The van der Waals surface area contributed by atoms with Gasteiger partial charge < -0.3 is 20.3 Å². The first-order valence-corrected chi connectivity index (χ1v) is 11.0. The van der Waals surface area contributed by atoms with Gasteiger partial charge in [-0.3, -0.25) is 9.79 Å². The number of thiazole rings is 1. The Bertz CT molecular complexity index is 841. The van der Waals surface area contributed by atoms with Crippen LogP contribution in [0, 0.1) is 0 Å². The van der Waals surface area contributed by atoms with Gasteiger partial charge in [-0.05, 0) is 38.0 Å². The van der Waals surface area contributed by atoms with Crippen LogP contribution in [0.5, 0.6) is 0 Å². The molecule has 9 heteroatoms. The van der Waals surface area contributed by atoms with Crippen LogP contribution in [0.1, 0.15) is 59.9 Å². The average Bonchev–Trinajstić information content (AvgIpc) is 3.22. The monoisotopic (exact) mass is 559 g/mol. The zero-order chi connectivity index (χ0) is 22.1. The van der Waals surface area contributed by atoms with E-state index in [4.69, 9.17) is 4.74 Å². The molecule has 7 nitrogen and oxygen atoms in total. The minimum absolute atomic E-state index is 0. The number of rotatable bonds is 9. The second-order valence-electron chi connectivity index (χ2n) is 7.29. The molecule has 0 radical (unpaired) electrons. The number of aromatic nitrogens is 1. The number of methoxy groups -OCH3 is 1. The smallest absolute Gasteiger partial charge is 0.251 e. The molecule has 1 heterocycles. The minimum atomic E-state index is -0.0372. The van der Waals surface area contributed by atoms with Crippen molar-refractivity contribution < 1.29 is 9.53 Å². The summed E-state index contributed by atoms with van der Waals surface area (Å²) in [5, 5.41) is 9.37. The Morgan fingerprint density at radius 3 is 2.55 bits per heavy atom. The normalized spacial score (nSPS) is 13.2. The molecule has 172 valence electrons. The van der Waals surface area contributed by atoms with E-state index in [-0.39, 0.29) is 42.0 Å². The molecule has 0 aliphatic carbocycles. The van der Waals surface area contributed by atoms with Gasteiger partial charge in [0.25, 0.3) is 5.91 Å². The molecular formula is C22H34IN5O2S. The zero-order valence-electron chi connectivity index (χ0n) is 19.1. The van der Waals surface area contributed by atoms with Crippen molar-refractivity contribution in [2.24, 2.45) is 4.99 Å². The van der Waals surface area contributed by atoms with Gasteiger partial charge in [0, 0.05) is 44.7 Å². The summed E-state index contributed by atoms with van der Waals surface area (Å²) in [6, 6.07) is 7.81. The summed E-state index contributed by atoms with van der Waals surface area (Å²) in [6.45, 7) is 7.32. The van der Waals surface area contributed by atoms with Crippen molar-refractivity contribution in [2.45, 2.75) is 52.4 Å². The van der Waals surface area contributed by atoms with Crippen molar-refractivity contribution in [3.05, 3.63) is 51.5 Å². The largest absolute Gasteiger partial charge is 0.375 e. The molecule has 31 heavy (non-hydrogen) atoms. The van der Waals surface area contributed by atoms with Crippen molar-refractivity contribution in [1.82, 2.24) is 20.5 Å². The Hall–Kier alpha value is -1.72. The maximum absolute atomic E-state index is 12.2. The van der Waals surface area contributed by atoms with Crippen LogP contribution in [0.4, 0.5) is 0 Å². The second-order valence-corrected chi connectivity index (χ2v) is 8.18. The zero-order valence-corrected chi connectivity index (χ0v) is 22.3. The van der Waals surface area contributed by atoms with Crippen molar-refractivity contribution in [2.75, 3.05) is 21.2 Å². The molecule has 2 N–H and O–H groups in total. The van der Waals surface area contributed by atoms with E-state index in [9.17, 15) is 4.79 Å². The van der Waals surface area contributed by atoms with E-state index < -0.39 is 0 Å². The molecule has 0 spiro atoms. The number of carbonyl (C=O) groups is 1. The highest BCUT2D eigenvalue weighted by Crippen LogP contribution is 2.20. The number of nitrogens with zero attached hydrogens (tertiary/aromatic N) is 3. The first-order chi connectivity index (χ1) is 14.4. The molecule has 0 saturated heterocycles. The number of benzene rings is 1. The lowest BCUT2D eigenvalue weighted by Gasteiger charge is -2.21. The predicted octanol–water partition coefficient (Wildman–Crippen LogP) is 4.20. The van der Waals surface area contributed by atoms with Crippen LogP contribution in [-0.2, 0) is 17.8 Å². The summed E-state index contributed by atoms with van der Waals surface area (Å²) in [5.41, 5.74) is 2.74. The van der Waals surface area contributed by atoms with Gasteiger partial charge in [0.2, 0.25) is 0 Å². The molecule has 0 bridgehead atoms. The second kappa shape index (κ2) is 13.6. The van der Waals surface area contributed by atoms with E-state index in [1.54, 1.807) is 25.5 Å². The number of amides is 1. The van der Waals surface area contributed by atoms with Crippen molar-refractivity contribution in [3.63, 3.8) is 0 Å². The van der Waals surface area contributed by atoms with E-state index in [2.05, 4.69) is 32.9 Å². The highest BCUT2D eigenvalue weighted by atomic mass is 127. The number of nitrogens with one attached hydrogen (secondary N) is 2. The van der Waals surface area contributed by atoms with E-state index in [1.807, 2.05) is 50.1 Å². The maximum atomic E-state index is 12.2. The molecule has 1 aromatic carbocycles. The molecule has 0 saturated carbocycles. The van der Waals surface area contributed by atoms with Crippen LogP contribution in [0.25, 0.3) is 0 Å². The summed E-state index contributed by atoms with van der Waals surface area (Å²) in [7, 11) is 5.44. The number of guanidine groups is 1. The van der Waals surface area contributed by atoms with Crippen LogP contribution in [-0.4, -0.2) is 49.0 Å². The summed E-state index contributed by atoms with van der Waals surface area (Å²) in [6.07, 6.45) is 0.912. The van der Waals surface area contributed by atoms with Crippen molar-refractivity contribution >= 4 is 47.2 Å². The average molecular weight is 560 g/mol. The van der Waals surface area contributed by atoms with Crippen LogP contribution < -0.4 is 10.6 Å². The Morgan fingerprint density at radius 2 is 1.97 bits per heavy atom. The van der Waals surface area contributed by atoms with Gasteiger partial charge in [-0.25, -0.2) is 4.98 Å². The predicted molar refractivity (Wildman–Crippen MR) is 138 cm³/mol. The van der Waals surface area contributed by atoms with Crippen molar-refractivity contribution in [3.8, 4) is 0 Å². The number of halogens is 1. The van der Waals surface area contributed by atoms with Gasteiger partial charge in [-0.2, -0.15) is 0 Å². The standard InChI is InChI=1S/C22H33N5O2S.HI/c1-7-15(2)25-20(28)18-10-8-17(9-11-18)12-24-22(23-4)27(5)13-19-14-30-21(26-19)16(3)29-6;/h8-11,14-16H,7,12-13H2,1-6H3,(H,23,24)(H,25,28);1H. The fraction of sp³-hybridized carbons (Fsp3) is 0.500. The molecule has 2 atom stereocenters. The van der Waals surface area contributed by atoms with Crippen LogP contribution in [0.15, 0.2) is 34.6 Å². The molecule has 0 fully saturated rings. The molecular weight excluding hydrogens is 525 g/mol. The van der Waals surface area contributed by atoms with E-state index in [0.717, 1.165) is 28.6 Å². The quantitative estimate of drug-likeness (QED) is 0.274. The van der Waals surface area contributed by atoms with Gasteiger partial charge >= 0.3 is 0 Å². The molecule has 2 aromatic rings. The van der Waals surface area contributed by atoms with E-state index in [1.165, 1.54) is 0 Å². The number of aliphatic imine (C=N–C) groups is 1. The first-order valence-electron chi connectivity index (χ1n) is 10.2. The van der Waals surface area contributed by atoms with Crippen LogP contribution >= 0.6 is 35.3 Å². The lowest BCUT2D eigenvalue weighted by Crippen LogP contribution is -2.38. The fourth-order valence-electron chi connectivity index (χ4n) is 2.75. The third-order valence-electron chi connectivity index (χ3n) is 4.90. The topological polar surface area (TPSA) is 78.9 Å². The summed E-state index contributed by atoms with van der Waals surface area (Å²) in [5.74, 6) is 0.743. The fourth-order valence-corrected chi connectivity index (χ4v) is 3.59. The van der Waals surface area contributed by atoms with Crippen LogP contribution in [0.2, 0.25) is 0 Å². The Labute approximate surface area is 206 Å². The number of hydrogen-bond acceptors (Lipinski definition) is 5. The highest BCUT2D eigenvalue weighted by molar-refractivity contribution is 14.0. The van der Waals surface area contributed by atoms with Gasteiger partial charge in [-0.1, -0.05) is 19.1 Å². The highest BCUT2D eigenvalue weighted by Gasteiger charge is 2.13. The summed E-state index contributed by atoms with van der Waals surface area (Å²) < 4.78 is 5.33. The minimum Gasteiger partial charge on any atom is -0.375 e. The molecule has 2 rings (SSSR count). The van der Waals surface area contributed by atoms with Gasteiger partial charge in [0.1, 0.15) is 11.1 Å². The Morgan fingerprint density at radius 1 is 1.29 bits per heavy atom. The van der Waals surface area contributed by atoms with E-state index in [0.29, 0.717) is 18.7 Å². The lowest BCUT2D eigenvalue weighted by atomic mass is 10.1. The Balaban J connectivity index is 0.00000480. The third-order valence-corrected chi connectivity index (χ3v) is 5.95. The van der Waals surface area contributed by atoms with Gasteiger partial charge in [0.15, 0.2) is 5.96 Å². The number of hydrogen-bond donors (Lipinski definition) is 2. The summed E-state index contributed by atoms with van der Waals surface area (Å²) in [4.78, 5) is 23.2. The Kier molecular flexibility index (Phi) is 12.0. The third kappa shape index (κ3) is 8.38. The summed E-state index contributed by atoms with van der Waals surface area (Å²) >= 11 is 1.61. The SMILES string of the molecule is CCC(C)NC(=O)c1ccc(CNC(=NC)N(C)Cc2csc(C(C)OC)n2)cc1.I. The van der Waals surface area contributed by atoms with Crippen LogP contribution in [0.3, 0.4) is 0 Å². The molecule has 2 unspecified atom stereocenters. The molecule has 0 aliphatic heterocycles. The molecule has 1 aromatic heterocycles. The number of carbonyl (C=O) groups excluding carboxylic acids is 1. The molecule has 0 aliphatic rings. The van der Waals surface area contributed by atoms with Gasteiger partial charge in [0.05, 0.1) is 12.2 Å². The first kappa shape index (κ1) is 27.3. The van der Waals surface area contributed by atoms with E-state index >= 15 is 0 Å². The number of ether oxygens (including phenoxy) is 1. The lowest BCUT2D eigenvalue weighted by molar-refractivity contribution is 0.0939. The maximum Gasteiger partial charge on any atom is 0.251 e. The van der Waals surface area contributed by atoms with Gasteiger partial charge in [-0.15, -0.1) is 35.3 Å². The molecule has 1 amide bonds.